The van der Waals surface area contributed by atoms with Crippen LogP contribution >= 0.6 is 0 Å². The molecule has 15 heavy (non-hydrogen) atoms. The van der Waals surface area contributed by atoms with E-state index in [0.29, 0.717) is 6.54 Å². The molecule has 2 rings (SSSR count). The zero-order valence-electron chi connectivity index (χ0n) is 8.94. The highest BCUT2D eigenvalue weighted by Crippen LogP contribution is 2.13. The molecule has 1 aliphatic rings. The summed E-state index contributed by atoms with van der Waals surface area (Å²) in [6.07, 6.45) is 5.78. The Balaban J connectivity index is 2.29. The standard InChI is InChI=1S/C12H13N3/c1-9-3-4-11(7-14-9)12-5-6-13-10(2)15-8-12/h3-5,7-8H,6H2,1-2H3. The second-order valence-electron chi connectivity index (χ2n) is 3.49. The van der Waals surface area contributed by atoms with Crippen LogP contribution in [0.1, 0.15) is 18.2 Å². The summed E-state index contributed by atoms with van der Waals surface area (Å²) in [6, 6.07) is 4.06. The number of hydrogen-bond donors (Lipinski definition) is 0. The predicted octanol–water partition coefficient (Wildman–Crippen LogP) is 2.28. The van der Waals surface area contributed by atoms with Gasteiger partial charge >= 0.3 is 0 Å². The highest BCUT2D eigenvalue weighted by Gasteiger charge is 2.01. The maximum atomic E-state index is 4.26. The zero-order valence-corrected chi connectivity index (χ0v) is 8.94. The van der Waals surface area contributed by atoms with Crippen molar-refractivity contribution in [1.82, 2.24) is 4.98 Å². The molecule has 0 radical (unpaired) electrons. The fraction of sp³-hybridized carbons (Fsp3) is 0.250. The van der Waals surface area contributed by atoms with Gasteiger partial charge in [0.15, 0.2) is 0 Å². The van der Waals surface area contributed by atoms with Gasteiger partial charge in [-0.3, -0.25) is 9.98 Å². The molecule has 0 unspecified atom stereocenters. The molecule has 0 aromatic carbocycles. The van der Waals surface area contributed by atoms with E-state index < -0.39 is 0 Å². The molecule has 3 nitrogen and oxygen atoms in total. The van der Waals surface area contributed by atoms with E-state index in [-0.39, 0.29) is 0 Å². The van der Waals surface area contributed by atoms with Crippen LogP contribution in [0.5, 0.6) is 0 Å². The number of nitrogens with zero attached hydrogens (tertiary/aromatic N) is 3. The van der Waals surface area contributed by atoms with E-state index >= 15 is 0 Å². The molecular weight excluding hydrogens is 186 g/mol. The second-order valence-corrected chi connectivity index (χ2v) is 3.49. The van der Waals surface area contributed by atoms with Crippen LogP contribution in [0.15, 0.2) is 34.4 Å². The van der Waals surface area contributed by atoms with Crippen LogP contribution in [-0.2, 0) is 0 Å². The van der Waals surface area contributed by atoms with Gasteiger partial charge in [0.2, 0.25) is 0 Å². The van der Waals surface area contributed by atoms with E-state index in [1.807, 2.05) is 32.3 Å². The summed E-state index contributed by atoms with van der Waals surface area (Å²) in [6.45, 7) is 4.57. The molecule has 3 heteroatoms. The largest absolute Gasteiger partial charge is 0.267 e. The normalized spacial score (nSPS) is 15.6. The summed E-state index contributed by atoms with van der Waals surface area (Å²) < 4.78 is 0. The SMILES string of the molecule is CC1=NCC=C(c2ccc(C)nc2)C=N1. The topological polar surface area (TPSA) is 37.6 Å². The first-order valence-corrected chi connectivity index (χ1v) is 4.94. The molecule has 76 valence electrons. The van der Waals surface area contributed by atoms with Crippen LogP contribution in [0, 0.1) is 6.92 Å². The Bertz CT molecular complexity index is 438. The van der Waals surface area contributed by atoms with Gasteiger partial charge in [0.25, 0.3) is 0 Å². The molecule has 0 saturated carbocycles. The van der Waals surface area contributed by atoms with Gasteiger partial charge in [-0.2, -0.15) is 0 Å². The molecule has 1 aromatic rings. The Kier molecular flexibility index (Phi) is 2.72. The first kappa shape index (κ1) is 9.77. The maximum Gasteiger partial charge on any atom is 0.120 e. The van der Waals surface area contributed by atoms with Crippen LogP contribution in [0.25, 0.3) is 5.57 Å². The van der Waals surface area contributed by atoms with Crippen molar-refractivity contribution in [1.29, 1.82) is 0 Å². The van der Waals surface area contributed by atoms with Gasteiger partial charge in [0, 0.05) is 23.7 Å². The average molecular weight is 199 g/mol. The molecule has 0 atom stereocenters. The average Bonchev–Trinajstić information content (AvgIpc) is 2.44. The fourth-order valence-electron chi connectivity index (χ4n) is 1.36. The minimum absolute atomic E-state index is 0.690. The number of aryl methyl sites for hydroxylation is 1. The van der Waals surface area contributed by atoms with Crippen molar-refractivity contribution in [2.24, 2.45) is 9.98 Å². The Morgan fingerprint density at radius 2 is 2.07 bits per heavy atom. The zero-order chi connectivity index (χ0) is 10.7. The first-order valence-electron chi connectivity index (χ1n) is 4.94. The molecule has 1 aromatic heterocycles. The Labute approximate surface area is 89.3 Å². The van der Waals surface area contributed by atoms with Crippen molar-refractivity contribution in [3.05, 3.63) is 35.7 Å². The number of aliphatic imine (C=N–C) groups is 2. The molecule has 0 spiro atoms. The Morgan fingerprint density at radius 3 is 2.80 bits per heavy atom. The summed E-state index contributed by atoms with van der Waals surface area (Å²) >= 11 is 0. The van der Waals surface area contributed by atoms with Crippen LogP contribution in [-0.4, -0.2) is 23.6 Å². The minimum atomic E-state index is 0.690. The summed E-state index contributed by atoms with van der Waals surface area (Å²) in [5.41, 5.74) is 3.20. The summed E-state index contributed by atoms with van der Waals surface area (Å²) in [5.74, 6) is 0.821. The van der Waals surface area contributed by atoms with Gasteiger partial charge in [-0.25, -0.2) is 4.99 Å². The first-order chi connectivity index (χ1) is 7.25. The highest BCUT2D eigenvalue weighted by molar-refractivity contribution is 6.13. The molecule has 2 heterocycles. The van der Waals surface area contributed by atoms with Gasteiger partial charge in [-0.05, 0) is 25.5 Å². The third kappa shape index (κ3) is 2.37. The van der Waals surface area contributed by atoms with Crippen LogP contribution in [0.3, 0.4) is 0 Å². The van der Waals surface area contributed by atoms with Crippen molar-refractivity contribution >= 4 is 17.6 Å². The van der Waals surface area contributed by atoms with Crippen molar-refractivity contribution in [2.45, 2.75) is 13.8 Å². The summed E-state index contributed by atoms with van der Waals surface area (Å²) in [5, 5.41) is 0. The van der Waals surface area contributed by atoms with Crippen LogP contribution in [0.4, 0.5) is 0 Å². The predicted molar refractivity (Wildman–Crippen MR) is 63.4 cm³/mol. The number of hydrogen-bond acceptors (Lipinski definition) is 3. The monoisotopic (exact) mass is 199 g/mol. The lowest BCUT2D eigenvalue weighted by molar-refractivity contribution is 1.19. The smallest absolute Gasteiger partial charge is 0.120 e. The molecule has 0 aliphatic carbocycles. The quantitative estimate of drug-likeness (QED) is 0.683. The second kappa shape index (κ2) is 4.17. The van der Waals surface area contributed by atoms with Gasteiger partial charge in [-0.15, -0.1) is 0 Å². The van der Waals surface area contributed by atoms with Crippen LogP contribution < -0.4 is 0 Å². The fourth-order valence-corrected chi connectivity index (χ4v) is 1.36. The molecular formula is C12H13N3. The Morgan fingerprint density at radius 1 is 1.20 bits per heavy atom. The van der Waals surface area contributed by atoms with Crippen molar-refractivity contribution < 1.29 is 0 Å². The Hall–Kier alpha value is -1.77. The minimum Gasteiger partial charge on any atom is -0.267 e. The summed E-state index contributed by atoms with van der Waals surface area (Å²) in [7, 11) is 0. The molecule has 0 amide bonds. The van der Waals surface area contributed by atoms with Gasteiger partial charge < -0.3 is 0 Å². The van der Waals surface area contributed by atoms with E-state index in [2.05, 4.69) is 27.1 Å². The number of pyridine rings is 1. The van der Waals surface area contributed by atoms with E-state index in [0.717, 1.165) is 22.7 Å². The number of amidine groups is 1. The highest BCUT2D eigenvalue weighted by atomic mass is 14.9. The lowest BCUT2D eigenvalue weighted by Gasteiger charge is -2.00. The maximum absolute atomic E-state index is 4.26. The molecule has 1 aliphatic heterocycles. The van der Waals surface area contributed by atoms with Crippen LogP contribution in [0.2, 0.25) is 0 Å². The van der Waals surface area contributed by atoms with E-state index in [1.165, 1.54) is 0 Å². The van der Waals surface area contributed by atoms with Gasteiger partial charge in [-0.1, -0.05) is 12.1 Å². The lowest BCUT2D eigenvalue weighted by atomic mass is 10.1. The number of allylic oxidation sites excluding steroid dienone is 1. The van der Waals surface area contributed by atoms with Gasteiger partial charge in [0.1, 0.15) is 5.84 Å². The summed E-state index contributed by atoms with van der Waals surface area (Å²) in [4.78, 5) is 12.7. The van der Waals surface area contributed by atoms with Gasteiger partial charge in [0.05, 0.1) is 6.54 Å². The third-order valence-electron chi connectivity index (χ3n) is 2.27. The van der Waals surface area contributed by atoms with E-state index in [9.17, 15) is 0 Å². The van der Waals surface area contributed by atoms with Crippen molar-refractivity contribution in [2.75, 3.05) is 6.54 Å². The van der Waals surface area contributed by atoms with Crippen molar-refractivity contribution in [3.8, 4) is 0 Å². The third-order valence-corrected chi connectivity index (χ3v) is 2.27. The molecule has 0 fully saturated rings. The number of rotatable bonds is 1. The number of aromatic nitrogens is 1. The molecule has 0 bridgehead atoms. The lowest BCUT2D eigenvalue weighted by Crippen LogP contribution is -1.89. The van der Waals surface area contributed by atoms with Crippen molar-refractivity contribution in [3.63, 3.8) is 0 Å². The van der Waals surface area contributed by atoms with E-state index in [4.69, 9.17) is 0 Å². The molecule has 0 saturated heterocycles. The van der Waals surface area contributed by atoms with E-state index in [1.54, 1.807) is 0 Å². The molecule has 0 N–H and O–H groups in total.